The molecule has 1 saturated heterocycles. The minimum Gasteiger partial charge on any atom is -0.444 e. The third-order valence-electron chi connectivity index (χ3n) is 2.52. The number of amides is 1. The van der Waals surface area contributed by atoms with E-state index in [-0.39, 0.29) is 12.0 Å². The van der Waals surface area contributed by atoms with Crippen molar-refractivity contribution in [2.45, 2.75) is 19.4 Å². The van der Waals surface area contributed by atoms with Crippen LogP contribution in [0.1, 0.15) is 23.9 Å². The first kappa shape index (κ1) is 11.7. The van der Waals surface area contributed by atoms with E-state index in [9.17, 15) is 4.79 Å². The van der Waals surface area contributed by atoms with Crippen LogP contribution < -0.4 is 0 Å². The average Bonchev–Trinajstić information content (AvgIpc) is 2.56. The lowest BCUT2D eigenvalue weighted by atomic mass is 10.3. The summed E-state index contributed by atoms with van der Waals surface area (Å²) in [4.78, 5) is 13.8. The normalized spacial score (nSPS) is 21.9. The maximum Gasteiger partial charge on any atom is 0.289 e. The van der Waals surface area contributed by atoms with Crippen molar-refractivity contribution in [3.63, 3.8) is 0 Å². The molecule has 0 aromatic carbocycles. The summed E-state index contributed by atoms with van der Waals surface area (Å²) >= 11 is 3.19. The Bertz CT molecular complexity index is 377. The highest BCUT2D eigenvalue weighted by Gasteiger charge is 2.23. The van der Waals surface area contributed by atoms with Crippen molar-refractivity contribution in [3.8, 4) is 0 Å². The molecule has 88 valence electrons. The van der Waals surface area contributed by atoms with E-state index in [0.29, 0.717) is 23.6 Å². The summed E-state index contributed by atoms with van der Waals surface area (Å²) in [5.74, 6) is 0.309. The van der Waals surface area contributed by atoms with Gasteiger partial charge in [0.1, 0.15) is 0 Å². The van der Waals surface area contributed by atoms with Gasteiger partial charge in [0.15, 0.2) is 10.4 Å². The Morgan fingerprint density at radius 1 is 1.56 bits per heavy atom. The number of carbonyl (C=O) groups excluding carboxylic acids is 1. The van der Waals surface area contributed by atoms with Gasteiger partial charge in [0.25, 0.3) is 5.91 Å². The SMILES string of the molecule is CC1CN(C(=O)c2ccc(Br)o2)CCCO1. The van der Waals surface area contributed by atoms with Crippen molar-refractivity contribution in [2.75, 3.05) is 19.7 Å². The zero-order valence-electron chi connectivity index (χ0n) is 9.11. The number of rotatable bonds is 1. The van der Waals surface area contributed by atoms with E-state index in [1.165, 1.54) is 0 Å². The molecule has 16 heavy (non-hydrogen) atoms. The number of furan rings is 1. The lowest BCUT2D eigenvalue weighted by molar-refractivity contribution is 0.0544. The molecule has 1 amide bonds. The smallest absolute Gasteiger partial charge is 0.289 e. The highest BCUT2D eigenvalue weighted by atomic mass is 79.9. The average molecular weight is 288 g/mol. The molecule has 1 aliphatic rings. The Balaban J connectivity index is 2.08. The molecular formula is C11H14BrNO3. The first-order valence-electron chi connectivity index (χ1n) is 5.33. The molecule has 0 radical (unpaired) electrons. The van der Waals surface area contributed by atoms with Crippen LogP contribution in [0.3, 0.4) is 0 Å². The fourth-order valence-electron chi connectivity index (χ4n) is 1.76. The van der Waals surface area contributed by atoms with E-state index in [1.54, 1.807) is 17.0 Å². The van der Waals surface area contributed by atoms with Gasteiger partial charge in [0, 0.05) is 19.7 Å². The van der Waals surface area contributed by atoms with Crippen molar-refractivity contribution in [1.29, 1.82) is 0 Å². The van der Waals surface area contributed by atoms with Gasteiger partial charge in [0.05, 0.1) is 6.10 Å². The van der Waals surface area contributed by atoms with Crippen LogP contribution in [0.4, 0.5) is 0 Å². The lowest BCUT2D eigenvalue weighted by Gasteiger charge is -2.20. The Kier molecular flexibility index (Phi) is 3.66. The molecule has 1 aromatic heterocycles. The van der Waals surface area contributed by atoms with Crippen LogP contribution in [-0.2, 0) is 4.74 Å². The molecule has 2 rings (SSSR count). The minimum absolute atomic E-state index is 0.0666. The summed E-state index contributed by atoms with van der Waals surface area (Å²) in [7, 11) is 0. The molecule has 1 atom stereocenters. The van der Waals surface area contributed by atoms with Gasteiger partial charge in [0.2, 0.25) is 0 Å². The van der Waals surface area contributed by atoms with Gasteiger partial charge >= 0.3 is 0 Å². The summed E-state index contributed by atoms with van der Waals surface area (Å²) in [5.41, 5.74) is 0. The number of nitrogens with zero attached hydrogens (tertiary/aromatic N) is 1. The fraction of sp³-hybridized carbons (Fsp3) is 0.545. The zero-order valence-corrected chi connectivity index (χ0v) is 10.7. The van der Waals surface area contributed by atoms with Crippen molar-refractivity contribution in [3.05, 3.63) is 22.6 Å². The van der Waals surface area contributed by atoms with Crippen LogP contribution in [0.2, 0.25) is 0 Å². The molecule has 0 bridgehead atoms. The summed E-state index contributed by atoms with van der Waals surface area (Å²) in [6.45, 7) is 4.04. The second-order valence-electron chi connectivity index (χ2n) is 3.89. The van der Waals surface area contributed by atoms with Crippen molar-refractivity contribution < 1.29 is 13.9 Å². The quantitative estimate of drug-likeness (QED) is 0.796. The van der Waals surface area contributed by atoms with Crippen molar-refractivity contribution >= 4 is 21.8 Å². The summed E-state index contributed by atoms with van der Waals surface area (Å²) in [5, 5.41) is 0. The third kappa shape index (κ3) is 2.65. The maximum atomic E-state index is 12.1. The molecule has 2 heterocycles. The second-order valence-corrected chi connectivity index (χ2v) is 4.67. The maximum absolute atomic E-state index is 12.1. The minimum atomic E-state index is -0.0666. The van der Waals surface area contributed by atoms with Crippen LogP contribution in [-0.4, -0.2) is 36.6 Å². The predicted molar refractivity (Wildman–Crippen MR) is 62.3 cm³/mol. The van der Waals surface area contributed by atoms with Crippen molar-refractivity contribution in [2.24, 2.45) is 0 Å². The molecule has 4 nitrogen and oxygen atoms in total. The number of ether oxygens (including phenoxy) is 1. The molecular weight excluding hydrogens is 274 g/mol. The van der Waals surface area contributed by atoms with Crippen LogP contribution in [0.5, 0.6) is 0 Å². The Morgan fingerprint density at radius 2 is 2.38 bits per heavy atom. The number of halogens is 1. The largest absolute Gasteiger partial charge is 0.444 e. The lowest BCUT2D eigenvalue weighted by Crippen LogP contribution is -2.35. The van der Waals surface area contributed by atoms with E-state index in [4.69, 9.17) is 9.15 Å². The van der Waals surface area contributed by atoms with Crippen LogP contribution in [0.25, 0.3) is 0 Å². The van der Waals surface area contributed by atoms with Gasteiger partial charge < -0.3 is 14.1 Å². The number of carbonyl (C=O) groups is 1. The fourth-order valence-corrected chi connectivity index (χ4v) is 2.07. The summed E-state index contributed by atoms with van der Waals surface area (Å²) < 4.78 is 11.3. The highest BCUT2D eigenvalue weighted by molar-refractivity contribution is 9.10. The van der Waals surface area contributed by atoms with Crippen molar-refractivity contribution in [1.82, 2.24) is 4.90 Å². The van der Waals surface area contributed by atoms with E-state index >= 15 is 0 Å². The monoisotopic (exact) mass is 287 g/mol. The van der Waals surface area contributed by atoms with Gasteiger partial charge in [-0.15, -0.1) is 0 Å². The molecule has 0 N–H and O–H groups in total. The van der Waals surface area contributed by atoms with Gasteiger partial charge in [-0.2, -0.15) is 0 Å². The highest BCUT2D eigenvalue weighted by Crippen LogP contribution is 2.17. The van der Waals surface area contributed by atoms with E-state index < -0.39 is 0 Å². The second kappa shape index (κ2) is 5.01. The molecule has 0 saturated carbocycles. The Hall–Kier alpha value is -0.810. The van der Waals surface area contributed by atoms with E-state index in [0.717, 1.165) is 13.0 Å². The number of hydrogen-bond donors (Lipinski definition) is 0. The van der Waals surface area contributed by atoms with Gasteiger partial charge in [-0.1, -0.05) is 0 Å². The van der Waals surface area contributed by atoms with Gasteiger partial charge in [-0.3, -0.25) is 4.79 Å². The van der Waals surface area contributed by atoms with E-state index in [1.807, 2.05) is 6.92 Å². The van der Waals surface area contributed by atoms with Gasteiger partial charge in [-0.25, -0.2) is 0 Å². The standard InChI is InChI=1S/C11H14BrNO3/c1-8-7-13(5-2-6-15-8)11(14)9-3-4-10(12)16-9/h3-4,8H,2,5-7H2,1H3. The molecule has 5 heteroatoms. The number of hydrogen-bond acceptors (Lipinski definition) is 3. The molecule has 0 aliphatic carbocycles. The summed E-state index contributed by atoms with van der Waals surface area (Å²) in [6, 6.07) is 3.41. The first-order chi connectivity index (χ1) is 7.66. The van der Waals surface area contributed by atoms with Gasteiger partial charge in [-0.05, 0) is 41.4 Å². The van der Waals surface area contributed by atoms with Crippen LogP contribution in [0, 0.1) is 0 Å². The zero-order chi connectivity index (χ0) is 11.5. The molecule has 1 aliphatic heterocycles. The third-order valence-corrected chi connectivity index (χ3v) is 2.95. The van der Waals surface area contributed by atoms with Crippen LogP contribution in [0.15, 0.2) is 21.2 Å². The topological polar surface area (TPSA) is 42.7 Å². The predicted octanol–water partition coefficient (Wildman–Crippen LogP) is 2.29. The van der Waals surface area contributed by atoms with E-state index in [2.05, 4.69) is 15.9 Å². The first-order valence-corrected chi connectivity index (χ1v) is 6.12. The molecule has 1 fully saturated rings. The van der Waals surface area contributed by atoms with Crippen LogP contribution >= 0.6 is 15.9 Å². The molecule has 0 spiro atoms. The summed E-state index contributed by atoms with van der Waals surface area (Å²) in [6.07, 6.45) is 0.961. The Morgan fingerprint density at radius 3 is 3.06 bits per heavy atom. The molecule has 1 aromatic rings. The Labute approximate surface area is 103 Å². The molecule has 1 unspecified atom stereocenters.